The number of amides is 1. The fourth-order valence-electron chi connectivity index (χ4n) is 2.35. The zero-order valence-corrected chi connectivity index (χ0v) is 10.1. The van der Waals surface area contributed by atoms with Gasteiger partial charge < -0.3 is 10.4 Å². The summed E-state index contributed by atoms with van der Waals surface area (Å²) >= 11 is 0. The first-order valence-electron chi connectivity index (χ1n) is 5.33. The lowest BCUT2D eigenvalue weighted by Gasteiger charge is -2.47. The third-order valence-electron chi connectivity index (χ3n) is 2.95. The average molecular weight is 254 g/mol. The second kappa shape index (κ2) is 4.04. The summed E-state index contributed by atoms with van der Waals surface area (Å²) in [5.41, 5.74) is -3.43. The Hall–Kier alpha value is -0.980. The van der Waals surface area contributed by atoms with Crippen molar-refractivity contribution >= 4 is 6.09 Å². The summed E-state index contributed by atoms with van der Waals surface area (Å²) < 4.78 is 39.6. The second-order valence-corrected chi connectivity index (χ2v) is 5.24. The van der Waals surface area contributed by atoms with Crippen molar-refractivity contribution < 1.29 is 23.1 Å². The minimum absolute atomic E-state index is 0.166. The molecule has 1 fully saturated rings. The van der Waals surface area contributed by atoms with Crippen molar-refractivity contribution in [2.45, 2.75) is 44.4 Å². The molecule has 7 heteroatoms. The number of nitrogens with zero attached hydrogens (tertiary/aromatic N) is 1. The lowest BCUT2D eigenvalue weighted by molar-refractivity contribution is -0.230. The highest BCUT2D eigenvalue weighted by molar-refractivity contribution is 5.67. The van der Waals surface area contributed by atoms with Crippen molar-refractivity contribution in [3.05, 3.63) is 0 Å². The molecule has 0 saturated carbocycles. The average Bonchev–Trinajstić information content (AvgIpc) is 2.48. The summed E-state index contributed by atoms with van der Waals surface area (Å²) in [6.45, 7) is 4.17. The highest BCUT2D eigenvalue weighted by atomic mass is 19.4. The van der Waals surface area contributed by atoms with Gasteiger partial charge in [0.1, 0.15) is 0 Å². The van der Waals surface area contributed by atoms with Gasteiger partial charge in [-0.05, 0) is 33.7 Å². The maximum atomic E-state index is 13.2. The van der Waals surface area contributed by atoms with Gasteiger partial charge in [0.25, 0.3) is 0 Å². The van der Waals surface area contributed by atoms with Crippen molar-refractivity contribution in [3.63, 3.8) is 0 Å². The molecule has 0 radical (unpaired) electrons. The molecule has 0 aromatic rings. The molecular formula is C10H17F3N2O2. The largest absolute Gasteiger partial charge is 0.465 e. The highest BCUT2D eigenvalue weighted by Crippen LogP contribution is 2.43. The van der Waals surface area contributed by atoms with Crippen LogP contribution in [0.5, 0.6) is 0 Å². The van der Waals surface area contributed by atoms with E-state index in [0.717, 1.165) is 0 Å². The first kappa shape index (κ1) is 14.1. The van der Waals surface area contributed by atoms with Gasteiger partial charge in [-0.3, -0.25) is 4.90 Å². The molecule has 0 spiro atoms. The lowest BCUT2D eigenvalue weighted by atomic mass is 9.90. The van der Waals surface area contributed by atoms with Crippen molar-refractivity contribution in [1.82, 2.24) is 10.2 Å². The number of rotatable bonds is 1. The Morgan fingerprint density at radius 2 is 1.88 bits per heavy atom. The Balaban J connectivity index is 3.26. The first-order valence-corrected chi connectivity index (χ1v) is 5.33. The Labute approximate surface area is 97.8 Å². The van der Waals surface area contributed by atoms with E-state index in [2.05, 4.69) is 5.32 Å². The van der Waals surface area contributed by atoms with Crippen LogP contribution in [0.4, 0.5) is 18.0 Å². The van der Waals surface area contributed by atoms with E-state index >= 15 is 0 Å². The van der Waals surface area contributed by atoms with E-state index in [1.165, 1.54) is 20.8 Å². The maximum Gasteiger partial charge on any atom is 0.413 e. The quantitative estimate of drug-likeness (QED) is 0.753. The molecule has 1 saturated heterocycles. The van der Waals surface area contributed by atoms with Gasteiger partial charge in [-0.1, -0.05) is 0 Å². The molecule has 1 amide bonds. The molecule has 0 aromatic heterocycles. The first-order chi connectivity index (χ1) is 7.52. The number of halogens is 3. The molecule has 0 bridgehead atoms. The summed E-state index contributed by atoms with van der Waals surface area (Å²) in [7, 11) is 0. The molecule has 0 aromatic carbocycles. The number of hydrogen-bond donors (Lipinski definition) is 2. The Bertz CT molecular complexity index is 304. The fourth-order valence-corrected chi connectivity index (χ4v) is 2.35. The van der Waals surface area contributed by atoms with Crippen LogP contribution in [0, 0.1) is 0 Å². The SMILES string of the molecule is CC(C)(C)N(C(=O)O)C1(C(F)(F)F)CCNC1. The van der Waals surface area contributed by atoms with Gasteiger partial charge in [0, 0.05) is 12.1 Å². The van der Waals surface area contributed by atoms with Gasteiger partial charge in [-0.2, -0.15) is 13.2 Å². The minimum atomic E-state index is -4.58. The second-order valence-electron chi connectivity index (χ2n) is 5.24. The monoisotopic (exact) mass is 254 g/mol. The van der Waals surface area contributed by atoms with Gasteiger partial charge in [-0.15, -0.1) is 0 Å². The summed E-state index contributed by atoms with van der Waals surface area (Å²) in [6.07, 6.45) is -6.37. The molecule has 2 N–H and O–H groups in total. The van der Waals surface area contributed by atoms with Gasteiger partial charge >= 0.3 is 12.3 Å². The molecule has 4 nitrogen and oxygen atoms in total. The molecule has 1 aliphatic heterocycles. The van der Waals surface area contributed by atoms with Crippen LogP contribution in [0.25, 0.3) is 0 Å². The molecule has 17 heavy (non-hydrogen) atoms. The number of hydrogen-bond acceptors (Lipinski definition) is 2. The van der Waals surface area contributed by atoms with Gasteiger partial charge in [-0.25, -0.2) is 4.79 Å². The molecule has 1 heterocycles. The van der Waals surface area contributed by atoms with Crippen LogP contribution in [-0.4, -0.2) is 46.4 Å². The van der Waals surface area contributed by atoms with E-state index in [1.54, 1.807) is 0 Å². The molecule has 1 rings (SSSR count). The van der Waals surface area contributed by atoms with Crippen LogP contribution >= 0.6 is 0 Å². The van der Waals surface area contributed by atoms with Crippen LogP contribution in [0.15, 0.2) is 0 Å². The van der Waals surface area contributed by atoms with Gasteiger partial charge in [0.2, 0.25) is 0 Å². The summed E-state index contributed by atoms with van der Waals surface area (Å²) in [6, 6.07) is 0. The lowest BCUT2D eigenvalue weighted by Crippen LogP contribution is -2.67. The van der Waals surface area contributed by atoms with Gasteiger partial charge in [0.05, 0.1) is 0 Å². The van der Waals surface area contributed by atoms with Crippen LogP contribution in [0.2, 0.25) is 0 Å². The number of carboxylic acid groups (broad SMARTS) is 1. The van der Waals surface area contributed by atoms with Crippen LogP contribution < -0.4 is 5.32 Å². The zero-order chi connectivity index (χ0) is 13.5. The fraction of sp³-hybridized carbons (Fsp3) is 0.900. The Morgan fingerprint density at radius 1 is 1.35 bits per heavy atom. The van der Waals surface area contributed by atoms with Crippen LogP contribution in [-0.2, 0) is 0 Å². The number of alkyl halides is 3. The standard InChI is InChI=1S/C10H17F3N2O2/c1-8(2,3)15(7(16)17)9(10(11,12)13)4-5-14-6-9/h14H,4-6H2,1-3H3,(H,16,17). The third-order valence-corrected chi connectivity index (χ3v) is 2.95. The molecule has 1 aliphatic rings. The molecule has 100 valence electrons. The van der Waals surface area contributed by atoms with E-state index < -0.39 is 23.3 Å². The van der Waals surface area contributed by atoms with E-state index in [0.29, 0.717) is 4.90 Å². The van der Waals surface area contributed by atoms with E-state index in [9.17, 15) is 18.0 Å². The van der Waals surface area contributed by atoms with E-state index in [1.807, 2.05) is 0 Å². The Kier molecular flexibility index (Phi) is 3.35. The van der Waals surface area contributed by atoms with Crippen molar-refractivity contribution in [2.75, 3.05) is 13.1 Å². The molecule has 1 unspecified atom stereocenters. The van der Waals surface area contributed by atoms with Gasteiger partial charge in [0.15, 0.2) is 5.54 Å². The summed E-state index contributed by atoms with van der Waals surface area (Å²) in [5.74, 6) is 0. The number of nitrogens with one attached hydrogen (secondary N) is 1. The maximum absolute atomic E-state index is 13.2. The van der Waals surface area contributed by atoms with E-state index in [4.69, 9.17) is 5.11 Å². The van der Waals surface area contributed by atoms with Crippen molar-refractivity contribution in [2.24, 2.45) is 0 Å². The molecular weight excluding hydrogens is 237 g/mol. The van der Waals surface area contributed by atoms with Crippen LogP contribution in [0.3, 0.4) is 0 Å². The smallest absolute Gasteiger partial charge is 0.413 e. The van der Waals surface area contributed by atoms with Crippen LogP contribution in [0.1, 0.15) is 27.2 Å². The van der Waals surface area contributed by atoms with Crippen molar-refractivity contribution in [3.8, 4) is 0 Å². The summed E-state index contributed by atoms with van der Waals surface area (Å²) in [5, 5.41) is 11.7. The van der Waals surface area contributed by atoms with E-state index in [-0.39, 0.29) is 19.5 Å². The predicted molar refractivity (Wildman–Crippen MR) is 55.9 cm³/mol. The number of carbonyl (C=O) groups is 1. The Morgan fingerprint density at radius 3 is 2.12 bits per heavy atom. The normalized spacial score (nSPS) is 26.0. The molecule has 0 aliphatic carbocycles. The predicted octanol–water partition coefficient (Wildman–Crippen LogP) is 2.06. The summed E-state index contributed by atoms with van der Waals surface area (Å²) in [4.78, 5) is 11.7. The zero-order valence-electron chi connectivity index (χ0n) is 10.1. The minimum Gasteiger partial charge on any atom is -0.465 e. The van der Waals surface area contributed by atoms with Crippen molar-refractivity contribution in [1.29, 1.82) is 0 Å². The topological polar surface area (TPSA) is 52.6 Å². The molecule has 1 atom stereocenters. The highest BCUT2D eigenvalue weighted by Gasteiger charge is 2.63. The third kappa shape index (κ3) is 2.34.